The molecule has 0 unspecified atom stereocenters. The van der Waals surface area contributed by atoms with E-state index in [1.807, 2.05) is 0 Å². The minimum absolute atomic E-state index is 1.05. The van der Waals surface area contributed by atoms with Gasteiger partial charge in [-0.15, -0.1) is 0 Å². The molecule has 0 heterocycles. The largest absolute Gasteiger partial charge is 0.378 e. The van der Waals surface area contributed by atoms with Gasteiger partial charge in [-0.1, -0.05) is 23.8 Å². The lowest BCUT2D eigenvalue weighted by molar-refractivity contribution is 1.13. The molecule has 0 fully saturated rings. The Bertz CT molecular complexity index is 937. The van der Waals surface area contributed by atoms with E-state index < -0.39 is 0 Å². The Labute approximate surface area is 150 Å². The van der Waals surface area contributed by atoms with Gasteiger partial charge in [-0.25, -0.2) is 0 Å². The average molecular weight is 328 g/mol. The molecule has 25 heavy (non-hydrogen) atoms. The topological polar surface area (TPSA) is 15.3 Å². The highest BCUT2D eigenvalue weighted by molar-refractivity contribution is 5.83. The molecule has 2 nitrogen and oxygen atoms in total. The average Bonchev–Trinajstić information content (AvgIpc) is 2.93. The summed E-state index contributed by atoms with van der Waals surface area (Å²) in [5, 5.41) is 3.54. The second kappa shape index (κ2) is 5.96. The Hall–Kier alpha value is -2.74. The normalized spacial score (nSPS) is 11.8. The molecule has 0 spiro atoms. The van der Waals surface area contributed by atoms with Gasteiger partial charge in [0.2, 0.25) is 0 Å². The van der Waals surface area contributed by atoms with Crippen molar-refractivity contribution in [3.05, 3.63) is 76.9 Å². The summed E-state index contributed by atoms with van der Waals surface area (Å²) in [5.41, 5.74) is 11.9. The molecule has 3 aromatic carbocycles. The molecular weight excluding hydrogens is 304 g/mol. The van der Waals surface area contributed by atoms with Crippen molar-refractivity contribution < 1.29 is 0 Å². The van der Waals surface area contributed by atoms with Gasteiger partial charge < -0.3 is 10.2 Å². The van der Waals surface area contributed by atoms with E-state index in [0.717, 1.165) is 17.8 Å². The first kappa shape index (κ1) is 15.8. The molecule has 0 atom stereocenters. The molecule has 0 aromatic heterocycles. The maximum Gasteiger partial charge on any atom is 0.0390 e. The quantitative estimate of drug-likeness (QED) is 0.520. The van der Waals surface area contributed by atoms with Crippen molar-refractivity contribution in [3.8, 4) is 11.1 Å². The number of anilines is 3. The van der Waals surface area contributed by atoms with Crippen molar-refractivity contribution >= 4 is 17.1 Å². The van der Waals surface area contributed by atoms with Crippen molar-refractivity contribution in [2.75, 3.05) is 24.3 Å². The van der Waals surface area contributed by atoms with Gasteiger partial charge in [0, 0.05) is 31.2 Å². The van der Waals surface area contributed by atoms with E-state index >= 15 is 0 Å². The maximum atomic E-state index is 3.54. The van der Waals surface area contributed by atoms with Gasteiger partial charge >= 0.3 is 0 Å². The van der Waals surface area contributed by atoms with E-state index in [9.17, 15) is 0 Å². The van der Waals surface area contributed by atoms with E-state index in [2.05, 4.69) is 92.8 Å². The molecule has 2 heteroatoms. The fourth-order valence-electron chi connectivity index (χ4n) is 3.84. The van der Waals surface area contributed by atoms with Gasteiger partial charge in [0.25, 0.3) is 0 Å². The van der Waals surface area contributed by atoms with Crippen molar-refractivity contribution in [1.82, 2.24) is 0 Å². The molecule has 0 amide bonds. The molecule has 4 rings (SSSR count). The predicted octanol–water partition coefficient (Wildman–Crippen LogP) is 5.68. The molecule has 3 aromatic rings. The van der Waals surface area contributed by atoms with Crippen molar-refractivity contribution in [2.45, 2.75) is 20.3 Å². The SMILES string of the molecule is Cc1cc(C)c2c(c1)Cc1ccc(Nc3ccc(N(C)C)cc3)cc1-2. The molecule has 0 bridgehead atoms. The van der Waals surface area contributed by atoms with E-state index in [1.165, 1.54) is 39.1 Å². The van der Waals surface area contributed by atoms with Gasteiger partial charge in [-0.05, 0) is 84.5 Å². The summed E-state index contributed by atoms with van der Waals surface area (Å²) in [4.78, 5) is 2.11. The molecular formula is C23H24N2. The van der Waals surface area contributed by atoms with Gasteiger partial charge in [-0.2, -0.15) is 0 Å². The lowest BCUT2D eigenvalue weighted by atomic mass is 9.98. The number of fused-ring (bicyclic) bond motifs is 3. The van der Waals surface area contributed by atoms with Crippen molar-refractivity contribution in [3.63, 3.8) is 0 Å². The second-order valence-corrected chi connectivity index (χ2v) is 7.23. The second-order valence-electron chi connectivity index (χ2n) is 7.23. The van der Waals surface area contributed by atoms with Crippen molar-refractivity contribution in [2.24, 2.45) is 0 Å². The Balaban J connectivity index is 1.66. The Morgan fingerprint density at radius 2 is 1.52 bits per heavy atom. The summed E-state index contributed by atoms with van der Waals surface area (Å²) in [7, 11) is 4.12. The number of aryl methyl sites for hydroxylation is 2. The van der Waals surface area contributed by atoms with Crippen LogP contribution in [-0.4, -0.2) is 14.1 Å². The predicted molar refractivity (Wildman–Crippen MR) is 108 cm³/mol. The van der Waals surface area contributed by atoms with Crippen LogP contribution in [0.3, 0.4) is 0 Å². The summed E-state index contributed by atoms with van der Waals surface area (Å²) in [6, 6.07) is 19.9. The van der Waals surface area contributed by atoms with Gasteiger partial charge in [0.15, 0.2) is 0 Å². The molecule has 1 aliphatic rings. The highest BCUT2D eigenvalue weighted by Gasteiger charge is 2.20. The molecule has 0 radical (unpaired) electrons. The fraction of sp³-hybridized carbons (Fsp3) is 0.217. The first-order valence-corrected chi connectivity index (χ1v) is 8.79. The van der Waals surface area contributed by atoms with Crippen LogP contribution in [0.4, 0.5) is 17.1 Å². The lowest BCUT2D eigenvalue weighted by Crippen LogP contribution is -2.08. The van der Waals surface area contributed by atoms with Gasteiger partial charge in [0.05, 0.1) is 0 Å². The maximum absolute atomic E-state index is 3.54. The zero-order chi connectivity index (χ0) is 17.6. The summed E-state index contributed by atoms with van der Waals surface area (Å²) in [6.45, 7) is 4.40. The summed E-state index contributed by atoms with van der Waals surface area (Å²) >= 11 is 0. The van der Waals surface area contributed by atoms with Crippen molar-refractivity contribution in [1.29, 1.82) is 0 Å². The summed E-state index contributed by atoms with van der Waals surface area (Å²) < 4.78 is 0. The minimum Gasteiger partial charge on any atom is -0.378 e. The van der Waals surface area contributed by atoms with Crippen LogP contribution in [0, 0.1) is 13.8 Å². The molecule has 0 saturated heterocycles. The molecule has 126 valence electrons. The van der Waals surface area contributed by atoms with Crippen LogP contribution in [0.2, 0.25) is 0 Å². The Morgan fingerprint density at radius 1 is 0.800 bits per heavy atom. The summed E-state index contributed by atoms with van der Waals surface area (Å²) in [5.74, 6) is 0. The zero-order valence-electron chi connectivity index (χ0n) is 15.4. The standard InChI is InChI=1S/C23H24N2/c1-15-11-16(2)23-18(12-15)13-17-5-6-20(14-22(17)23)24-19-7-9-21(10-8-19)25(3)4/h5-12,14,24H,13H2,1-4H3. The third-order valence-corrected chi connectivity index (χ3v) is 4.99. The third kappa shape index (κ3) is 2.89. The highest BCUT2D eigenvalue weighted by atomic mass is 15.1. The number of hydrogen-bond donors (Lipinski definition) is 1. The lowest BCUT2D eigenvalue weighted by Gasteiger charge is -2.14. The zero-order valence-corrected chi connectivity index (χ0v) is 15.4. The molecule has 1 aliphatic carbocycles. The number of nitrogens with one attached hydrogen (secondary N) is 1. The van der Waals surface area contributed by atoms with Crippen LogP contribution in [0.15, 0.2) is 54.6 Å². The fourth-order valence-corrected chi connectivity index (χ4v) is 3.84. The van der Waals surface area contributed by atoms with Crippen LogP contribution in [0.25, 0.3) is 11.1 Å². The first-order chi connectivity index (χ1) is 12.0. The van der Waals surface area contributed by atoms with E-state index in [0.29, 0.717) is 0 Å². The Morgan fingerprint density at radius 3 is 2.24 bits per heavy atom. The Kier molecular flexibility index (Phi) is 3.76. The van der Waals surface area contributed by atoms with Crippen LogP contribution in [0.1, 0.15) is 22.3 Å². The molecule has 0 saturated carbocycles. The molecule has 1 N–H and O–H groups in total. The summed E-state index contributed by atoms with van der Waals surface area (Å²) in [6.07, 6.45) is 1.05. The first-order valence-electron chi connectivity index (χ1n) is 8.79. The number of hydrogen-bond acceptors (Lipinski definition) is 2. The number of rotatable bonds is 3. The van der Waals surface area contributed by atoms with E-state index in [4.69, 9.17) is 0 Å². The number of nitrogens with zero attached hydrogens (tertiary/aromatic N) is 1. The van der Waals surface area contributed by atoms with Crippen LogP contribution >= 0.6 is 0 Å². The van der Waals surface area contributed by atoms with E-state index in [1.54, 1.807) is 0 Å². The van der Waals surface area contributed by atoms with Crippen LogP contribution < -0.4 is 10.2 Å². The van der Waals surface area contributed by atoms with Crippen LogP contribution in [-0.2, 0) is 6.42 Å². The minimum atomic E-state index is 1.05. The van der Waals surface area contributed by atoms with Crippen LogP contribution in [0.5, 0.6) is 0 Å². The number of benzene rings is 3. The smallest absolute Gasteiger partial charge is 0.0390 e. The van der Waals surface area contributed by atoms with Gasteiger partial charge in [-0.3, -0.25) is 0 Å². The highest BCUT2D eigenvalue weighted by Crippen LogP contribution is 2.41. The monoisotopic (exact) mass is 328 g/mol. The third-order valence-electron chi connectivity index (χ3n) is 4.99. The van der Waals surface area contributed by atoms with E-state index in [-0.39, 0.29) is 0 Å². The van der Waals surface area contributed by atoms with Gasteiger partial charge in [0.1, 0.15) is 0 Å². The molecule has 0 aliphatic heterocycles.